The molecular formula is C35H35Cl4N5O3. The molecule has 0 atom stereocenters. The monoisotopic (exact) mass is 713 g/mol. The van der Waals surface area contributed by atoms with E-state index in [-0.39, 0.29) is 23.2 Å². The smallest absolute Gasteiger partial charge is 0.341 e. The van der Waals surface area contributed by atoms with Crippen LogP contribution in [-0.2, 0) is 28.4 Å². The molecule has 246 valence electrons. The van der Waals surface area contributed by atoms with Crippen molar-refractivity contribution in [2.24, 2.45) is 5.73 Å². The first kappa shape index (κ1) is 35.2. The molecule has 0 bridgehead atoms. The van der Waals surface area contributed by atoms with Crippen molar-refractivity contribution in [1.29, 1.82) is 0 Å². The third-order valence-electron chi connectivity index (χ3n) is 9.03. The number of nitrogens with two attached hydrogens (primary N) is 1. The largest absolute Gasteiger partial charge is 0.462 e. The number of carbonyl (C=O) groups excluding carboxylic acids is 2. The molecule has 2 fully saturated rings. The third-order valence-corrected chi connectivity index (χ3v) is 10.3. The van der Waals surface area contributed by atoms with E-state index in [0.29, 0.717) is 62.3 Å². The van der Waals surface area contributed by atoms with Crippen molar-refractivity contribution < 1.29 is 14.3 Å². The Morgan fingerprint density at radius 3 is 1.40 bits per heavy atom. The molecule has 0 spiro atoms. The Kier molecular flexibility index (Phi) is 11.5. The highest BCUT2D eigenvalue weighted by atomic mass is 35.5. The molecular weight excluding hydrogens is 680 g/mol. The molecule has 2 aromatic carbocycles. The molecule has 12 heteroatoms. The number of halogens is 4. The fourth-order valence-electron chi connectivity index (χ4n) is 6.33. The maximum absolute atomic E-state index is 11.7. The summed E-state index contributed by atoms with van der Waals surface area (Å²) in [5.74, 6) is 0.800. The highest BCUT2D eigenvalue weighted by Gasteiger charge is 2.43. The first-order valence-electron chi connectivity index (χ1n) is 15.5. The number of ketones is 1. The second kappa shape index (κ2) is 15.4. The van der Waals surface area contributed by atoms with Crippen LogP contribution in [0.3, 0.4) is 0 Å². The summed E-state index contributed by atoms with van der Waals surface area (Å²) >= 11 is 25.6. The lowest BCUT2D eigenvalue weighted by atomic mass is 9.62. The first-order valence-corrected chi connectivity index (χ1v) is 17.0. The molecule has 47 heavy (non-hydrogen) atoms. The Hall–Kier alpha value is -3.14. The zero-order chi connectivity index (χ0) is 33.6. The quantitative estimate of drug-likeness (QED) is 0.129. The first-order chi connectivity index (χ1) is 22.6. The molecule has 2 heterocycles. The average molecular weight is 716 g/mol. The van der Waals surface area contributed by atoms with E-state index >= 15 is 0 Å². The van der Waals surface area contributed by atoms with Crippen molar-refractivity contribution in [2.75, 3.05) is 13.2 Å². The lowest BCUT2D eigenvalue weighted by Gasteiger charge is -2.43. The molecule has 0 radical (unpaired) electrons. The summed E-state index contributed by atoms with van der Waals surface area (Å²) in [7, 11) is 0. The summed E-state index contributed by atoms with van der Waals surface area (Å²) < 4.78 is 4.95. The number of nitrogens with zero attached hydrogens (tertiary/aromatic N) is 4. The maximum Gasteiger partial charge on any atom is 0.341 e. The van der Waals surface area contributed by atoms with Crippen molar-refractivity contribution in [2.45, 2.75) is 69.1 Å². The second-order valence-corrected chi connectivity index (χ2v) is 13.6. The molecule has 2 aliphatic rings. The van der Waals surface area contributed by atoms with Crippen LogP contribution < -0.4 is 5.73 Å². The van der Waals surface area contributed by atoms with E-state index in [1.165, 1.54) is 24.8 Å². The normalized spacial score (nSPS) is 15.8. The van der Waals surface area contributed by atoms with Gasteiger partial charge in [-0.3, -0.25) is 4.79 Å². The van der Waals surface area contributed by atoms with Crippen LogP contribution in [0.4, 0.5) is 0 Å². The molecule has 0 saturated heterocycles. The van der Waals surface area contributed by atoms with Crippen molar-refractivity contribution in [3.05, 3.63) is 115 Å². The Morgan fingerprint density at radius 1 is 0.702 bits per heavy atom. The summed E-state index contributed by atoms with van der Waals surface area (Å²) in [6, 6.07) is 11.2. The number of aromatic nitrogens is 4. The van der Waals surface area contributed by atoms with Gasteiger partial charge in [0.25, 0.3) is 0 Å². The van der Waals surface area contributed by atoms with E-state index in [9.17, 15) is 9.59 Å². The van der Waals surface area contributed by atoms with Gasteiger partial charge < -0.3 is 10.5 Å². The molecule has 4 aromatic rings. The predicted octanol–water partition coefficient (Wildman–Crippen LogP) is 8.21. The Balaban J connectivity index is 0.000000185. The molecule has 2 N–H and O–H groups in total. The van der Waals surface area contributed by atoms with E-state index in [0.717, 1.165) is 49.7 Å². The summed E-state index contributed by atoms with van der Waals surface area (Å²) in [6.45, 7) is 2.05. The van der Waals surface area contributed by atoms with E-state index in [4.69, 9.17) is 56.9 Å². The number of carbonyl (C=O) groups is 2. The predicted molar refractivity (Wildman–Crippen MR) is 185 cm³/mol. The van der Waals surface area contributed by atoms with Crippen LogP contribution in [0.5, 0.6) is 0 Å². The SMILES string of the molecule is CCOC(=O)c1cnc(CC2(c3c(Cl)cccc3Cl)CCC2)nc1.NCC(=O)c1cnc(CC2(c3c(Cl)cccc3Cl)CCC2)nc1. The van der Waals surface area contributed by atoms with Crippen LogP contribution >= 0.6 is 46.4 Å². The summed E-state index contributed by atoms with van der Waals surface area (Å²) in [5, 5.41) is 2.75. The zero-order valence-electron chi connectivity index (χ0n) is 25.9. The van der Waals surface area contributed by atoms with Gasteiger partial charge >= 0.3 is 5.97 Å². The number of hydrogen-bond acceptors (Lipinski definition) is 8. The molecule has 0 unspecified atom stereocenters. The number of rotatable bonds is 10. The minimum Gasteiger partial charge on any atom is -0.462 e. The van der Waals surface area contributed by atoms with Gasteiger partial charge in [0.2, 0.25) is 0 Å². The van der Waals surface area contributed by atoms with Crippen molar-refractivity contribution in [3.63, 3.8) is 0 Å². The maximum atomic E-state index is 11.7. The van der Waals surface area contributed by atoms with Crippen molar-refractivity contribution in [1.82, 2.24) is 19.9 Å². The van der Waals surface area contributed by atoms with E-state index < -0.39 is 5.97 Å². The van der Waals surface area contributed by atoms with Gasteiger partial charge in [-0.1, -0.05) is 71.4 Å². The van der Waals surface area contributed by atoms with Crippen LogP contribution in [0.2, 0.25) is 20.1 Å². The zero-order valence-corrected chi connectivity index (χ0v) is 29.0. The van der Waals surface area contributed by atoms with Crippen LogP contribution in [-0.4, -0.2) is 44.8 Å². The fraction of sp³-hybridized carbons (Fsp3) is 0.371. The Morgan fingerprint density at radius 2 is 1.09 bits per heavy atom. The van der Waals surface area contributed by atoms with Gasteiger partial charge in [-0.2, -0.15) is 0 Å². The highest BCUT2D eigenvalue weighted by Crippen LogP contribution is 2.51. The van der Waals surface area contributed by atoms with Gasteiger partial charge in [0, 0.05) is 68.5 Å². The van der Waals surface area contributed by atoms with Crippen LogP contribution in [0.25, 0.3) is 0 Å². The van der Waals surface area contributed by atoms with Gasteiger partial charge in [-0.15, -0.1) is 0 Å². The number of hydrogen-bond donors (Lipinski definition) is 1. The molecule has 6 rings (SSSR count). The van der Waals surface area contributed by atoms with Gasteiger partial charge in [0.05, 0.1) is 24.3 Å². The topological polar surface area (TPSA) is 121 Å². The molecule has 8 nitrogen and oxygen atoms in total. The van der Waals surface area contributed by atoms with E-state index in [2.05, 4.69) is 19.9 Å². The van der Waals surface area contributed by atoms with Crippen LogP contribution in [0.15, 0.2) is 61.2 Å². The Bertz CT molecular complexity index is 1690. The van der Waals surface area contributed by atoms with Gasteiger partial charge in [0.1, 0.15) is 11.6 Å². The molecule has 2 aromatic heterocycles. The minimum atomic E-state index is -0.406. The lowest BCUT2D eigenvalue weighted by Crippen LogP contribution is -2.37. The summed E-state index contributed by atoms with van der Waals surface area (Å²) in [4.78, 5) is 40.6. The van der Waals surface area contributed by atoms with Crippen LogP contribution in [0, 0.1) is 0 Å². The number of benzene rings is 2. The summed E-state index contributed by atoms with van der Waals surface area (Å²) in [5.41, 5.74) is 7.88. The molecule has 0 amide bonds. The van der Waals surface area contributed by atoms with Crippen molar-refractivity contribution in [3.8, 4) is 0 Å². The number of ether oxygens (including phenoxy) is 1. The standard InChI is InChI=1S/C18H18Cl2N2O2.C17H17Cl2N3O/c1-2-24-17(23)12-10-21-15(22-11-12)9-18(7-4-8-18)16-13(19)5-3-6-14(16)20;18-12-3-1-4-13(19)16(12)17(5-2-6-17)7-15-21-9-11(10-22-15)14(23)8-20/h3,5-6,10-11H,2,4,7-9H2,1H3;1,3-4,9-10H,2,5-8,20H2. The summed E-state index contributed by atoms with van der Waals surface area (Å²) in [6.07, 6.45) is 13.7. The lowest BCUT2D eigenvalue weighted by molar-refractivity contribution is 0.0525. The molecule has 2 saturated carbocycles. The molecule has 0 aliphatic heterocycles. The van der Waals surface area contributed by atoms with Crippen LogP contribution in [0.1, 0.15) is 88.9 Å². The fourth-order valence-corrected chi connectivity index (χ4v) is 7.92. The number of Topliss-reactive ketones (excluding diaryl/α,β-unsaturated/α-hetero) is 1. The minimum absolute atomic E-state index is 0.0398. The Labute approximate surface area is 294 Å². The van der Waals surface area contributed by atoms with Crippen molar-refractivity contribution >= 4 is 58.2 Å². The van der Waals surface area contributed by atoms with Gasteiger partial charge in [-0.25, -0.2) is 24.7 Å². The molecule has 2 aliphatic carbocycles. The second-order valence-electron chi connectivity index (χ2n) is 11.9. The third kappa shape index (κ3) is 7.79. The number of esters is 1. The van der Waals surface area contributed by atoms with E-state index in [1.54, 1.807) is 6.92 Å². The van der Waals surface area contributed by atoms with E-state index in [1.807, 2.05) is 36.4 Å². The highest BCUT2D eigenvalue weighted by molar-refractivity contribution is 6.36. The van der Waals surface area contributed by atoms with Gasteiger partial charge in [-0.05, 0) is 68.0 Å². The average Bonchev–Trinajstić information content (AvgIpc) is 3.02. The van der Waals surface area contributed by atoms with Gasteiger partial charge in [0.15, 0.2) is 5.78 Å².